The van der Waals surface area contributed by atoms with Crippen molar-refractivity contribution in [2.45, 2.75) is 38.0 Å². The first-order valence-electron chi connectivity index (χ1n) is 20.2. The van der Waals surface area contributed by atoms with Crippen molar-refractivity contribution in [3.63, 3.8) is 0 Å². The molecule has 0 unspecified atom stereocenters. The third-order valence-corrected chi connectivity index (χ3v) is 8.87. The van der Waals surface area contributed by atoms with Crippen LogP contribution in [0.25, 0.3) is 11.1 Å². The average molecular weight is 812 g/mol. The lowest BCUT2D eigenvalue weighted by Gasteiger charge is -2.14. The van der Waals surface area contributed by atoms with Crippen molar-refractivity contribution >= 4 is 17.7 Å². The lowest BCUT2D eigenvalue weighted by molar-refractivity contribution is -0.0264. The molecular weight excluding hydrogens is 746 g/mol. The molecule has 13 nitrogen and oxygen atoms in total. The lowest BCUT2D eigenvalue weighted by Crippen LogP contribution is -2.27. The van der Waals surface area contributed by atoms with Gasteiger partial charge in [-0.25, -0.2) is 4.79 Å². The average Bonchev–Trinajstić information content (AvgIpc) is 3.54. The van der Waals surface area contributed by atoms with E-state index in [-0.39, 0.29) is 5.92 Å². The quantitative estimate of drug-likeness (QED) is 0.0640. The van der Waals surface area contributed by atoms with Crippen LogP contribution in [-0.2, 0) is 52.1 Å². The first-order valence-corrected chi connectivity index (χ1v) is 20.8. The monoisotopic (exact) mass is 811 g/mol. The van der Waals surface area contributed by atoms with Crippen molar-refractivity contribution in [3.8, 4) is 11.1 Å². The van der Waals surface area contributed by atoms with E-state index in [0.717, 1.165) is 31.7 Å². The normalized spacial score (nSPS) is 12.2. The fraction of sp³-hybridized carbons (Fsp3) is 0.690. The Labute approximate surface area is 339 Å². The Kier molecular flexibility index (Phi) is 29.7. The number of benzene rings is 2. The van der Waals surface area contributed by atoms with Crippen molar-refractivity contribution in [2.24, 2.45) is 0 Å². The van der Waals surface area contributed by atoms with Crippen LogP contribution < -0.4 is 5.32 Å². The molecule has 1 amide bonds. The summed E-state index contributed by atoms with van der Waals surface area (Å²) in [7, 11) is 0. The highest BCUT2D eigenvalue weighted by Crippen LogP contribution is 2.44. The molecule has 0 spiro atoms. The lowest BCUT2D eigenvalue weighted by atomic mass is 9.98. The van der Waals surface area contributed by atoms with Gasteiger partial charge in [0.1, 0.15) is 6.61 Å². The number of alkyl carbamates (subject to hydrolysis) is 1. The molecule has 0 saturated carbocycles. The van der Waals surface area contributed by atoms with Gasteiger partial charge in [-0.15, -0.1) is 11.6 Å². The predicted molar refractivity (Wildman–Crippen MR) is 215 cm³/mol. The molecule has 1 N–H and O–H groups in total. The van der Waals surface area contributed by atoms with Gasteiger partial charge < -0.3 is 57.4 Å². The molecule has 0 heterocycles. The Morgan fingerprint density at radius 3 is 1.18 bits per heavy atom. The van der Waals surface area contributed by atoms with E-state index >= 15 is 0 Å². The number of halogens is 1. The Hall–Kier alpha value is -2.40. The number of carbonyl (C=O) groups is 1. The number of unbranched alkanes of at least 4 members (excludes halogenated alkanes) is 3. The van der Waals surface area contributed by atoms with E-state index in [0.29, 0.717) is 145 Å². The summed E-state index contributed by atoms with van der Waals surface area (Å²) in [6, 6.07) is 16.6. The number of rotatable bonds is 39. The zero-order chi connectivity index (χ0) is 39.4. The van der Waals surface area contributed by atoms with Crippen molar-refractivity contribution in [2.75, 3.05) is 151 Å². The minimum absolute atomic E-state index is 0.0501. The molecule has 1 aliphatic rings. The smallest absolute Gasteiger partial charge is 0.407 e. The predicted octanol–water partition coefficient (Wildman–Crippen LogP) is 5.88. The summed E-state index contributed by atoms with van der Waals surface area (Å²) in [5, 5.41) is 2.81. The Bertz CT molecular complexity index is 1180. The van der Waals surface area contributed by atoms with E-state index in [1.165, 1.54) is 28.7 Å². The molecule has 0 bridgehead atoms. The highest BCUT2D eigenvalue weighted by molar-refractivity contribution is 6.17. The molecule has 0 saturated heterocycles. The number of fused-ring (bicyclic) bond motifs is 3. The number of nitrogens with one attached hydrogen (secondary N) is 1. The number of hydrogen-bond donors (Lipinski definition) is 1. The number of alkyl halides is 1. The minimum Gasteiger partial charge on any atom is -0.449 e. The van der Waals surface area contributed by atoms with E-state index in [9.17, 15) is 4.79 Å². The SMILES string of the molecule is O=C(NCCCOCCOCCOCCOCCOCCOCCOCCOCCOCCOCCCCCCCl)OCC1c2ccccc2-c2ccccc21. The third-order valence-electron chi connectivity index (χ3n) is 8.60. The van der Waals surface area contributed by atoms with E-state index in [4.69, 9.17) is 63.7 Å². The second-order valence-corrected chi connectivity index (χ2v) is 13.2. The molecule has 14 heteroatoms. The second-order valence-electron chi connectivity index (χ2n) is 12.8. The molecule has 0 fully saturated rings. The molecule has 2 aromatic carbocycles. The van der Waals surface area contributed by atoms with E-state index < -0.39 is 6.09 Å². The zero-order valence-electron chi connectivity index (χ0n) is 33.3. The standard InChI is InChI=1S/C42H66ClNO12/c43-14-7-1-2-8-16-46-18-20-48-22-24-50-26-28-52-30-32-54-34-35-55-33-31-53-29-27-51-25-23-49-21-19-47-17-9-15-44-42(45)56-36-41-39-12-5-3-10-37(39)38-11-4-6-13-40(38)41/h3-6,10-13,41H,1-2,7-9,14-36H2,(H,44,45). The van der Waals surface area contributed by atoms with Crippen molar-refractivity contribution in [1.29, 1.82) is 0 Å². The van der Waals surface area contributed by atoms with Crippen molar-refractivity contribution in [3.05, 3.63) is 59.7 Å². The van der Waals surface area contributed by atoms with Gasteiger partial charge in [0.15, 0.2) is 0 Å². The van der Waals surface area contributed by atoms with Crippen LogP contribution in [0.4, 0.5) is 4.79 Å². The minimum atomic E-state index is -0.414. The molecule has 3 rings (SSSR count). The van der Waals surface area contributed by atoms with Gasteiger partial charge in [-0.1, -0.05) is 61.4 Å². The van der Waals surface area contributed by atoms with Gasteiger partial charge in [-0.05, 0) is 41.5 Å². The summed E-state index contributed by atoms with van der Waals surface area (Å²) in [6.45, 7) is 11.3. The van der Waals surface area contributed by atoms with Gasteiger partial charge >= 0.3 is 6.09 Å². The topological polar surface area (TPSA) is 131 Å². The van der Waals surface area contributed by atoms with Crippen LogP contribution in [0.2, 0.25) is 0 Å². The summed E-state index contributed by atoms with van der Waals surface area (Å²) in [4.78, 5) is 12.3. The van der Waals surface area contributed by atoms with Gasteiger partial charge in [0.2, 0.25) is 0 Å². The molecule has 0 radical (unpaired) electrons. The van der Waals surface area contributed by atoms with Crippen LogP contribution in [-0.4, -0.2) is 157 Å². The van der Waals surface area contributed by atoms with Gasteiger partial charge in [-0.2, -0.15) is 0 Å². The summed E-state index contributed by atoms with van der Waals surface area (Å²) in [5.41, 5.74) is 4.81. The van der Waals surface area contributed by atoms with E-state index in [1.807, 2.05) is 24.3 Å². The van der Waals surface area contributed by atoms with Crippen LogP contribution in [0.5, 0.6) is 0 Å². The highest BCUT2D eigenvalue weighted by atomic mass is 35.5. The van der Waals surface area contributed by atoms with Crippen molar-refractivity contribution in [1.82, 2.24) is 5.32 Å². The van der Waals surface area contributed by atoms with Crippen LogP contribution in [0.15, 0.2) is 48.5 Å². The fourth-order valence-electron chi connectivity index (χ4n) is 5.75. The molecule has 0 atom stereocenters. The molecule has 0 aromatic heterocycles. The number of amides is 1. The van der Waals surface area contributed by atoms with E-state index in [2.05, 4.69) is 29.6 Å². The molecule has 2 aromatic rings. The van der Waals surface area contributed by atoms with Gasteiger partial charge in [0.25, 0.3) is 0 Å². The molecule has 318 valence electrons. The fourth-order valence-corrected chi connectivity index (χ4v) is 5.94. The summed E-state index contributed by atoms with van der Waals surface area (Å²) >= 11 is 5.66. The van der Waals surface area contributed by atoms with Crippen LogP contribution in [0.3, 0.4) is 0 Å². The zero-order valence-corrected chi connectivity index (χ0v) is 34.0. The van der Waals surface area contributed by atoms with Crippen molar-refractivity contribution < 1.29 is 56.9 Å². The van der Waals surface area contributed by atoms with Crippen LogP contribution in [0, 0.1) is 0 Å². The molecule has 1 aliphatic carbocycles. The first kappa shape index (κ1) is 48.0. The molecular formula is C42H66ClNO12. The Balaban J connectivity index is 0.936. The van der Waals surface area contributed by atoms with E-state index in [1.54, 1.807) is 0 Å². The van der Waals surface area contributed by atoms with Crippen LogP contribution in [0.1, 0.15) is 49.1 Å². The van der Waals surface area contributed by atoms with Gasteiger partial charge in [0.05, 0.1) is 119 Å². The Morgan fingerprint density at radius 1 is 0.446 bits per heavy atom. The number of carbonyl (C=O) groups excluding carboxylic acids is 1. The largest absolute Gasteiger partial charge is 0.449 e. The third kappa shape index (κ3) is 23.1. The summed E-state index contributed by atoms with van der Waals surface area (Å²) in [5.74, 6) is 0.790. The maximum absolute atomic E-state index is 12.3. The summed E-state index contributed by atoms with van der Waals surface area (Å²) in [6.07, 6.45) is 4.75. The highest BCUT2D eigenvalue weighted by Gasteiger charge is 2.28. The second kappa shape index (κ2) is 34.6. The number of ether oxygens (including phenoxy) is 11. The van der Waals surface area contributed by atoms with Gasteiger partial charge in [0, 0.05) is 31.6 Å². The Morgan fingerprint density at radius 2 is 0.786 bits per heavy atom. The maximum Gasteiger partial charge on any atom is 0.407 e. The molecule has 0 aliphatic heterocycles. The number of hydrogen-bond acceptors (Lipinski definition) is 12. The van der Waals surface area contributed by atoms with Crippen LogP contribution >= 0.6 is 11.6 Å². The van der Waals surface area contributed by atoms with Gasteiger partial charge in [-0.3, -0.25) is 0 Å². The maximum atomic E-state index is 12.3. The summed E-state index contributed by atoms with van der Waals surface area (Å²) < 4.78 is 60.8. The first-order chi connectivity index (χ1) is 27.8. The molecule has 56 heavy (non-hydrogen) atoms.